The van der Waals surface area contributed by atoms with Gasteiger partial charge in [-0.25, -0.2) is 0 Å². The molecule has 1 aliphatic rings. The first-order valence-corrected chi connectivity index (χ1v) is 6.89. The van der Waals surface area contributed by atoms with Gasteiger partial charge in [-0.15, -0.1) is 0 Å². The Kier molecular flexibility index (Phi) is 5.00. The van der Waals surface area contributed by atoms with Gasteiger partial charge < -0.3 is 15.4 Å². The number of amides is 1. The first-order valence-electron chi connectivity index (χ1n) is 5.72. The lowest BCUT2D eigenvalue weighted by molar-refractivity contribution is 0.0287. The van der Waals surface area contributed by atoms with Gasteiger partial charge in [0.2, 0.25) is 0 Å². The van der Waals surface area contributed by atoms with Gasteiger partial charge in [0.25, 0.3) is 5.91 Å². The first-order chi connectivity index (χ1) is 8.66. The van der Waals surface area contributed by atoms with E-state index in [1.165, 1.54) is 0 Å². The van der Waals surface area contributed by atoms with Crippen LogP contribution in [0.2, 0.25) is 5.02 Å². The summed E-state index contributed by atoms with van der Waals surface area (Å²) in [5.41, 5.74) is 0.572. The van der Waals surface area contributed by atoms with Crippen molar-refractivity contribution in [2.75, 3.05) is 26.2 Å². The van der Waals surface area contributed by atoms with Crippen molar-refractivity contribution < 1.29 is 9.53 Å². The quantitative estimate of drug-likeness (QED) is 0.887. The van der Waals surface area contributed by atoms with E-state index >= 15 is 0 Å². The molecule has 6 heteroatoms. The molecular weight excluding hydrogens is 320 g/mol. The standard InChI is InChI=1S/C12H14BrClN2O2/c13-11-5-8(14)1-2-10(11)12(17)16-7-9-6-15-3-4-18-9/h1-2,5,9,15H,3-4,6-7H2,(H,16,17). The van der Waals surface area contributed by atoms with Crippen LogP contribution in [0.4, 0.5) is 0 Å². The van der Waals surface area contributed by atoms with Crippen molar-refractivity contribution in [2.24, 2.45) is 0 Å². The summed E-state index contributed by atoms with van der Waals surface area (Å²) in [6.07, 6.45) is 0.0359. The van der Waals surface area contributed by atoms with E-state index in [4.69, 9.17) is 16.3 Å². The summed E-state index contributed by atoms with van der Waals surface area (Å²) < 4.78 is 6.19. The highest BCUT2D eigenvalue weighted by atomic mass is 79.9. The normalized spacial score (nSPS) is 19.6. The zero-order chi connectivity index (χ0) is 13.0. The zero-order valence-corrected chi connectivity index (χ0v) is 12.1. The summed E-state index contributed by atoms with van der Waals surface area (Å²) in [4.78, 5) is 12.0. The third-order valence-electron chi connectivity index (χ3n) is 2.67. The molecule has 1 aromatic carbocycles. The van der Waals surface area contributed by atoms with E-state index in [9.17, 15) is 4.79 Å². The van der Waals surface area contributed by atoms with Crippen LogP contribution in [-0.2, 0) is 4.74 Å². The Balaban J connectivity index is 1.90. The summed E-state index contributed by atoms with van der Waals surface area (Å²) in [5, 5.41) is 6.66. The van der Waals surface area contributed by atoms with Crippen molar-refractivity contribution in [1.29, 1.82) is 0 Å². The van der Waals surface area contributed by atoms with E-state index in [1.54, 1.807) is 18.2 Å². The Morgan fingerprint density at radius 2 is 2.44 bits per heavy atom. The lowest BCUT2D eigenvalue weighted by Gasteiger charge is -2.23. The van der Waals surface area contributed by atoms with Crippen LogP contribution in [0.3, 0.4) is 0 Å². The molecule has 1 unspecified atom stereocenters. The molecular formula is C12H14BrClN2O2. The van der Waals surface area contributed by atoms with E-state index in [0.717, 1.165) is 13.1 Å². The number of rotatable bonds is 3. The van der Waals surface area contributed by atoms with Crippen LogP contribution in [0.5, 0.6) is 0 Å². The van der Waals surface area contributed by atoms with E-state index in [0.29, 0.717) is 28.2 Å². The minimum atomic E-state index is -0.132. The predicted molar refractivity (Wildman–Crippen MR) is 74.1 cm³/mol. The number of hydrogen-bond donors (Lipinski definition) is 2. The first kappa shape index (κ1) is 13.8. The molecule has 0 saturated carbocycles. The molecule has 0 bridgehead atoms. The molecule has 0 aromatic heterocycles. The Morgan fingerprint density at radius 3 is 3.11 bits per heavy atom. The second-order valence-electron chi connectivity index (χ2n) is 4.03. The van der Waals surface area contributed by atoms with Crippen molar-refractivity contribution in [2.45, 2.75) is 6.10 Å². The number of nitrogens with one attached hydrogen (secondary N) is 2. The van der Waals surface area contributed by atoms with Gasteiger partial charge in [0.1, 0.15) is 0 Å². The maximum atomic E-state index is 12.0. The fraction of sp³-hybridized carbons (Fsp3) is 0.417. The molecule has 98 valence electrons. The van der Waals surface area contributed by atoms with Gasteiger partial charge in [0.15, 0.2) is 0 Å². The number of carbonyl (C=O) groups is 1. The van der Waals surface area contributed by atoms with Gasteiger partial charge in [-0.2, -0.15) is 0 Å². The van der Waals surface area contributed by atoms with Gasteiger partial charge in [-0.05, 0) is 34.1 Å². The molecule has 1 heterocycles. The molecule has 0 radical (unpaired) electrons. The minimum absolute atomic E-state index is 0.0359. The van der Waals surface area contributed by atoms with E-state index in [1.807, 2.05) is 0 Å². The topological polar surface area (TPSA) is 50.4 Å². The average molecular weight is 334 g/mol. The van der Waals surface area contributed by atoms with Crippen LogP contribution in [-0.4, -0.2) is 38.3 Å². The number of hydrogen-bond acceptors (Lipinski definition) is 3. The Hall–Kier alpha value is -0.620. The molecule has 0 aliphatic carbocycles. The Morgan fingerprint density at radius 1 is 1.61 bits per heavy atom. The van der Waals surface area contributed by atoms with Crippen LogP contribution in [0.25, 0.3) is 0 Å². The largest absolute Gasteiger partial charge is 0.374 e. The molecule has 18 heavy (non-hydrogen) atoms. The van der Waals surface area contributed by atoms with Crippen molar-refractivity contribution in [3.8, 4) is 0 Å². The Labute approximate surface area is 119 Å². The zero-order valence-electron chi connectivity index (χ0n) is 9.71. The third kappa shape index (κ3) is 3.68. The molecule has 1 aromatic rings. The number of carbonyl (C=O) groups excluding carboxylic acids is 1. The molecule has 1 saturated heterocycles. The highest BCUT2D eigenvalue weighted by Gasteiger charge is 2.16. The van der Waals surface area contributed by atoms with Crippen molar-refractivity contribution in [3.05, 3.63) is 33.3 Å². The van der Waals surface area contributed by atoms with Gasteiger partial charge in [0, 0.05) is 29.1 Å². The lowest BCUT2D eigenvalue weighted by atomic mass is 10.2. The Bertz CT molecular complexity index is 436. The lowest BCUT2D eigenvalue weighted by Crippen LogP contribution is -2.45. The number of halogens is 2. The van der Waals surface area contributed by atoms with Crippen LogP contribution in [0.1, 0.15) is 10.4 Å². The van der Waals surface area contributed by atoms with Gasteiger partial charge >= 0.3 is 0 Å². The van der Waals surface area contributed by atoms with Crippen molar-refractivity contribution in [3.63, 3.8) is 0 Å². The third-order valence-corrected chi connectivity index (χ3v) is 3.56. The van der Waals surface area contributed by atoms with Crippen molar-refractivity contribution >= 4 is 33.4 Å². The number of benzene rings is 1. The van der Waals surface area contributed by atoms with Crippen LogP contribution < -0.4 is 10.6 Å². The molecule has 4 nitrogen and oxygen atoms in total. The number of morpholine rings is 1. The highest BCUT2D eigenvalue weighted by Crippen LogP contribution is 2.21. The average Bonchev–Trinajstić information content (AvgIpc) is 2.37. The van der Waals surface area contributed by atoms with Gasteiger partial charge in [-0.3, -0.25) is 4.79 Å². The smallest absolute Gasteiger partial charge is 0.252 e. The van der Waals surface area contributed by atoms with E-state index in [2.05, 4.69) is 26.6 Å². The van der Waals surface area contributed by atoms with Crippen LogP contribution >= 0.6 is 27.5 Å². The second kappa shape index (κ2) is 6.52. The summed E-state index contributed by atoms with van der Waals surface area (Å²) in [7, 11) is 0. The molecule has 2 N–H and O–H groups in total. The van der Waals surface area contributed by atoms with E-state index in [-0.39, 0.29) is 12.0 Å². The fourth-order valence-corrected chi connectivity index (χ4v) is 2.59. The highest BCUT2D eigenvalue weighted by molar-refractivity contribution is 9.10. The van der Waals surface area contributed by atoms with Gasteiger partial charge in [-0.1, -0.05) is 11.6 Å². The molecule has 0 spiro atoms. The monoisotopic (exact) mass is 332 g/mol. The SMILES string of the molecule is O=C(NCC1CNCCO1)c1ccc(Cl)cc1Br. The van der Waals surface area contributed by atoms with Crippen LogP contribution in [0.15, 0.2) is 22.7 Å². The predicted octanol–water partition coefficient (Wildman–Crippen LogP) is 1.82. The maximum absolute atomic E-state index is 12.0. The van der Waals surface area contributed by atoms with E-state index < -0.39 is 0 Å². The summed E-state index contributed by atoms with van der Waals surface area (Å²) >= 11 is 9.16. The molecule has 1 aliphatic heterocycles. The fourth-order valence-electron chi connectivity index (χ4n) is 1.73. The summed E-state index contributed by atoms with van der Waals surface area (Å²) in [5.74, 6) is -0.132. The molecule has 2 rings (SSSR count). The summed E-state index contributed by atoms with van der Waals surface area (Å²) in [6.45, 7) is 2.82. The molecule has 1 fully saturated rings. The molecule has 1 atom stereocenters. The van der Waals surface area contributed by atoms with Crippen molar-refractivity contribution in [1.82, 2.24) is 10.6 Å². The number of ether oxygens (including phenoxy) is 1. The van der Waals surface area contributed by atoms with Crippen LogP contribution in [0, 0.1) is 0 Å². The minimum Gasteiger partial charge on any atom is -0.374 e. The second-order valence-corrected chi connectivity index (χ2v) is 5.32. The maximum Gasteiger partial charge on any atom is 0.252 e. The van der Waals surface area contributed by atoms with Gasteiger partial charge in [0.05, 0.1) is 18.3 Å². The molecule has 1 amide bonds. The summed E-state index contributed by atoms with van der Waals surface area (Å²) in [6, 6.07) is 5.09.